The van der Waals surface area contributed by atoms with Crippen LogP contribution >= 0.6 is 0 Å². The maximum absolute atomic E-state index is 13.2. The number of benzene rings is 1. The summed E-state index contributed by atoms with van der Waals surface area (Å²) in [5.41, 5.74) is 3.70. The lowest BCUT2D eigenvalue weighted by Gasteiger charge is -2.10. The second-order valence-corrected chi connectivity index (χ2v) is 6.13. The van der Waals surface area contributed by atoms with E-state index in [1.807, 2.05) is 6.07 Å². The number of aryl methyl sites for hydroxylation is 1. The molecule has 0 aliphatic rings. The van der Waals surface area contributed by atoms with Gasteiger partial charge in [-0.15, -0.1) is 0 Å². The molecule has 4 rings (SSSR count). The average molecular weight is 395 g/mol. The normalized spacial score (nSPS) is 11.0. The number of rotatable bonds is 4. The van der Waals surface area contributed by atoms with Crippen molar-refractivity contribution in [1.82, 2.24) is 19.6 Å². The van der Waals surface area contributed by atoms with E-state index in [0.29, 0.717) is 28.1 Å². The van der Waals surface area contributed by atoms with Crippen molar-refractivity contribution in [1.29, 1.82) is 0 Å². The zero-order valence-electron chi connectivity index (χ0n) is 15.2. The predicted molar refractivity (Wildman–Crippen MR) is 102 cm³/mol. The Bertz CT molecular complexity index is 1180. The highest BCUT2D eigenvalue weighted by molar-refractivity contribution is 5.87. The molecule has 4 aromatic rings. The van der Waals surface area contributed by atoms with Crippen molar-refractivity contribution in [3.8, 4) is 17.3 Å². The van der Waals surface area contributed by atoms with Gasteiger partial charge in [-0.05, 0) is 25.1 Å². The van der Waals surface area contributed by atoms with Crippen LogP contribution in [0.15, 0.2) is 61.1 Å². The summed E-state index contributed by atoms with van der Waals surface area (Å²) >= 11 is 0. The van der Waals surface area contributed by atoms with Crippen molar-refractivity contribution in [3.63, 3.8) is 0 Å². The maximum atomic E-state index is 13.2. The quantitative estimate of drug-likeness (QED) is 0.551. The van der Waals surface area contributed by atoms with Crippen LogP contribution in [-0.2, 0) is 0 Å². The first-order valence-corrected chi connectivity index (χ1v) is 8.65. The first kappa shape index (κ1) is 18.5. The number of pyridine rings is 1. The van der Waals surface area contributed by atoms with Crippen LogP contribution in [0.1, 0.15) is 17.7 Å². The van der Waals surface area contributed by atoms with E-state index in [1.165, 1.54) is 17.1 Å². The lowest BCUT2D eigenvalue weighted by atomic mass is 10.2. The van der Waals surface area contributed by atoms with Crippen molar-refractivity contribution in [2.75, 3.05) is 5.43 Å². The van der Waals surface area contributed by atoms with E-state index in [9.17, 15) is 13.6 Å². The third kappa shape index (κ3) is 3.75. The molecule has 0 bridgehead atoms. The minimum Gasteiger partial charge on any atom is -0.406 e. The molecule has 0 saturated heterocycles. The summed E-state index contributed by atoms with van der Waals surface area (Å²) in [6.07, 6.45) is 0.632. The fourth-order valence-electron chi connectivity index (χ4n) is 2.87. The first-order valence-electron chi connectivity index (χ1n) is 8.65. The fraction of sp³-hybridized carbons (Fsp3) is 0.100. The SMILES string of the molecule is Cc1nc(-c2ccccn2)ncc1OC(=O)Nn1cc(C(F)F)c2ccccc21. The monoisotopic (exact) mass is 395 g/mol. The number of hydrogen-bond donors (Lipinski definition) is 1. The van der Waals surface area contributed by atoms with E-state index in [0.717, 1.165) is 0 Å². The van der Waals surface area contributed by atoms with Gasteiger partial charge in [0.2, 0.25) is 0 Å². The van der Waals surface area contributed by atoms with Gasteiger partial charge in [0.25, 0.3) is 6.43 Å². The number of para-hydroxylation sites is 1. The molecule has 7 nitrogen and oxygen atoms in total. The van der Waals surface area contributed by atoms with E-state index in [4.69, 9.17) is 4.74 Å². The molecule has 1 N–H and O–H groups in total. The van der Waals surface area contributed by atoms with Crippen molar-refractivity contribution < 1.29 is 18.3 Å². The number of carbonyl (C=O) groups is 1. The summed E-state index contributed by atoms with van der Waals surface area (Å²) in [6, 6.07) is 11.9. The Labute approximate surface area is 164 Å². The Morgan fingerprint density at radius 2 is 1.93 bits per heavy atom. The highest BCUT2D eigenvalue weighted by atomic mass is 19.3. The van der Waals surface area contributed by atoms with E-state index < -0.39 is 12.5 Å². The number of carbonyl (C=O) groups excluding carboxylic acids is 1. The predicted octanol–water partition coefficient (Wildman–Crippen LogP) is 4.48. The Morgan fingerprint density at radius 3 is 2.66 bits per heavy atom. The minimum absolute atomic E-state index is 0.146. The van der Waals surface area contributed by atoms with Gasteiger partial charge in [-0.1, -0.05) is 24.3 Å². The van der Waals surface area contributed by atoms with Gasteiger partial charge in [0.15, 0.2) is 11.6 Å². The van der Waals surface area contributed by atoms with Gasteiger partial charge in [0, 0.05) is 23.3 Å². The average Bonchev–Trinajstić information content (AvgIpc) is 3.09. The largest absolute Gasteiger partial charge is 0.432 e. The number of amides is 1. The van der Waals surface area contributed by atoms with Crippen molar-refractivity contribution in [3.05, 3.63) is 72.3 Å². The summed E-state index contributed by atoms with van der Waals surface area (Å²) < 4.78 is 33.0. The van der Waals surface area contributed by atoms with Gasteiger partial charge in [0.1, 0.15) is 5.69 Å². The topological polar surface area (TPSA) is 81.9 Å². The number of aromatic nitrogens is 4. The standard InChI is InChI=1S/C20H15F2N5O2/c1-12-17(10-24-19(25-12)15-7-4-5-9-23-15)29-20(28)26-27-11-14(18(21)22)13-6-2-3-8-16(13)27/h2-11,18H,1H3,(H,26,28). The van der Waals surface area contributed by atoms with Gasteiger partial charge >= 0.3 is 6.09 Å². The third-order valence-electron chi connectivity index (χ3n) is 4.22. The number of nitrogens with one attached hydrogen (secondary N) is 1. The molecule has 1 aromatic carbocycles. The molecule has 0 unspecified atom stereocenters. The Balaban J connectivity index is 1.54. The highest BCUT2D eigenvalue weighted by Gasteiger charge is 2.18. The van der Waals surface area contributed by atoms with E-state index in [2.05, 4.69) is 20.4 Å². The van der Waals surface area contributed by atoms with Gasteiger partial charge in [0.05, 0.1) is 17.4 Å². The summed E-state index contributed by atoms with van der Waals surface area (Å²) in [6.45, 7) is 1.66. The summed E-state index contributed by atoms with van der Waals surface area (Å²) in [5, 5.41) is 0.349. The molecule has 0 saturated carbocycles. The van der Waals surface area contributed by atoms with Crippen LogP contribution in [0.2, 0.25) is 0 Å². The molecule has 0 spiro atoms. The smallest absolute Gasteiger partial charge is 0.406 e. The van der Waals surface area contributed by atoms with Crippen LogP contribution in [0, 0.1) is 6.92 Å². The number of ether oxygens (including phenoxy) is 1. The van der Waals surface area contributed by atoms with Gasteiger partial charge < -0.3 is 4.74 Å². The molecule has 0 fully saturated rings. The molecule has 0 atom stereocenters. The number of halogens is 2. The number of nitrogens with zero attached hydrogens (tertiary/aromatic N) is 4. The molecule has 0 radical (unpaired) electrons. The second kappa shape index (κ2) is 7.63. The lowest BCUT2D eigenvalue weighted by molar-refractivity contribution is 0.153. The van der Waals surface area contributed by atoms with Crippen LogP contribution in [0.5, 0.6) is 5.75 Å². The molecule has 0 aliphatic heterocycles. The minimum atomic E-state index is -2.67. The first-order chi connectivity index (χ1) is 14.0. The van der Waals surface area contributed by atoms with Crippen LogP contribution in [0.4, 0.5) is 13.6 Å². The Morgan fingerprint density at radius 1 is 1.14 bits per heavy atom. The third-order valence-corrected chi connectivity index (χ3v) is 4.22. The maximum Gasteiger partial charge on any atom is 0.432 e. The number of fused-ring (bicyclic) bond motifs is 1. The van der Waals surface area contributed by atoms with Gasteiger partial charge in [-0.3, -0.25) is 9.66 Å². The van der Waals surface area contributed by atoms with E-state index in [-0.39, 0.29) is 11.3 Å². The molecule has 3 aromatic heterocycles. The molecule has 3 heterocycles. The molecular formula is C20H15F2N5O2. The number of hydrogen-bond acceptors (Lipinski definition) is 5. The van der Waals surface area contributed by atoms with Crippen LogP contribution in [-0.4, -0.2) is 25.7 Å². The summed E-state index contributed by atoms with van der Waals surface area (Å²) in [4.78, 5) is 24.9. The summed E-state index contributed by atoms with van der Waals surface area (Å²) in [7, 11) is 0. The van der Waals surface area contributed by atoms with Crippen molar-refractivity contribution >= 4 is 17.0 Å². The fourth-order valence-corrected chi connectivity index (χ4v) is 2.87. The van der Waals surface area contributed by atoms with Gasteiger partial charge in [-0.25, -0.2) is 29.0 Å². The molecule has 146 valence electrons. The Kier molecular flexibility index (Phi) is 4.86. The molecule has 29 heavy (non-hydrogen) atoms. The van der Waals surface area contributed by atoms with Crippen LogP contribution in [0.3, 0.4) is 0 Å². The molecular weight excluding hydrogens is 380 g/mol. The zero-order chi connectivity index (χ0) is 20.4. The van der Waals surface area contributed by atoms with Crippen molar-refractivity contribution in [2.24, 2.45) is 0 Å². The molecule has 1 amide bonds. The van der Waals surface area contributed by atoms with Gasteiger partial charge in [-0.2, -0.15) is 0 Å². The zero-order valence-corrected chi connectivity index (χ0v) is 15.2. The molecule has 9 heteroatoms. The van der Waals surface area contributed by atoms with Crippen LogP contribution < -0.4 is 10.2 Å². The molecule has 0 aliphatic carbocycles. The lowest BCUT2D eigenvalue weighted by Crippen LogP contribution is -2.25. The Hall–Kier alpha value is -3.88. The van der Waals surface area contributed by atoms with E-state index >= 15 is 0 Å². The second-order valence-electron chi connectivity index (χ2n) is 6.13. The van der Waals surface area contributed by atoms with Crippen LogP contribution in [0.25, 0.3) is 22.4 Å². The van der Waals surface area contributed by atoms with E-state index in [1.54, 1.807) is 49.5 Å². The number of alkyl halides is 2. The van der Waals surface area contributed by atoms with Crippen molar-refractivity contribution in [2.45, 2.75) is 13.3 Å². The highest BCUT2D eigenvalue weighted by Crippen LogP contribution is 2.29. The summed E-state index contributed by atoms with van der Waals surface area (Å²) in [5.74, 6) is 0.543.